The van der Waals surface area contributed by atoms with E-state index in [1.54, 1.807) is 13.2 Å². The van der Waals surface area contributed by atoms with Crippen LogP contribution in [0.15, 0.2) is 16.6 Å². The molecule has 0 heterocycles. The second-order valence-corrected chi connectivity index (χ2v) is 5.54. The zero-order chi connectivity index (χ0) is 12.5. The summed E-state index contributed by atoms with van der Waals surface area (Å²) in [4.78, 5) is 0. The van der Waals surface area contributed by atoms with Crippen LogP contribution in [0.5, 0.6) is 11.5 Å². The van der Waals surface area contributed by atoms with Crippen LogP contribution in [0.25, 0.3) is 0 Å². The molecule has 4 heteroatoms. The molecule has 0 saturated heterocycles. The van der Waals surface area contributed by atoms with Gasteiger partial charge in [0.15, 0.2) is 11.5 Å². The SMILES string of the molecule is COc1ccc(Br)c(C2(N)CCCCC2)c1O. The van der Waals surface area contributed by atoms with Crippen molar-refractivity contribution in [3.05, 3.63) is 22.2 Å². The van der Waals surface area contributed by atoms with Crippen LogP contribution in [0.2, 0.25) is 0 Å². The molecular formula is C13H18BrNO2. The van der Waals surface area contributed by atoms with Crippen molar-refractivity contribution in [3.8, 4) is 11.5 Å². The van der Waals surface area contributed by atoms with Crippen LogP contribution in [-0.2, 0) is 5.54 Å². The fourth-order valence-electron chi connectivity index (χ4n) is 2.62. The summed E-state index contributed by atoms with van der Waals surface area (Å²) < 4.78 is 6.01. The molecule has 1 aromatic rings. The molecule has 1 aromatic carbocycles. The Bertz CT molecular complexity index is 414. The Hall–Kier alpha value is -0.740. The molecule has 0 aromatic heterocycles. The van der Waals surface area contributed by atoms with Gasteiger partial charge in [0.1, 0.15) is 0 Å². The molecule has 1 saturated carbocycles. The first-order chi connectivity index (χ1) is 8.08. The van der Waals surface area contributed by atoms with Crippen molar-refractivity contribution >= 4 is 15.9 Å². The Kier molecular flexibility index (Phi) is 3.64. The van der Waals surface area contributed by atoms with E-state index in [1.807, 2.05) is 6.07 Å². The largest absolute Gasteiger partial charge is 0.504 e. The lowest BCUT2D eigenvalue weighted by Crippen LogP contribution is -2.39. The number of hydrogen-bond acceptors (Lipinski definition) is 3. The Morgan fingerprint density at radius 1 is 1.29 bits per heavy atom. The maximum atomic E-state index is 10.3. The van der Waals surface area contributed by atoms with E-state index in [-0.39, 0.29) is 5.75 Å². The van der Waals surface area contributed by atoms with Crippen molar-refractivity contribution < 1.29 is 9.84 Å². The average molecular weight is 300 g/mol. The molecule has 1 aliphatic carbocycles. The zero-order valence-corrected chi connectivity index (χ0v) is 11.6. The quantitative estimate of drug-likeness (QED) is 0.881. The van der Waals surface area contributed by atoms with Gasteiger partial charge < -0.3 is 15.6 Å². The van der Waals surface area contributed by atoms with Crippen molar-refractivity contribution in [2.45, 2.75) is 37.6 Å². The lowest BCUT2D eigenvalue weighted by molar-refractivity contribution is 0.285. The number of nitrogens with two attached hydrogens (primary N) is 1. The second-order valence-electron chi connectivity index (χ2n) is 4.69. The lowest BCUT2D eigenvalue weighted by atomic mass is 9.77. The van der Waals surface area contributed by atoms with Crippen molar-refractivity contribution in [3.63, 3.8) is 0 Å². The number of aromatic hydroxyl groups is 1. The van der Waals surface area contributed by atoms with Gasteiger partial charge in [-0.15, -0.1) is 0 Å². The van der Waals surface area contributed by atoms with Crippen molar-refractivity contribution in [2.24, 2.45) is 5.73 Å². The normalized spacial score (nSPS) is 19.0. The second kappa shape index (κ2) is 4.86. The highest BCUT2D eigenvalue weighted by Crippen LogP contribution is 2.46. The molecule has 3 nitrogen and oxygen atoms in total. The van der Waals surface area contributed by atoms with Crippen molar-refractivity contribution in [1.29, 1.82) is 0 Å². The van der Waals surface area contributed by atoms with Gasteiger partial charge in [-0.1, -0.05) is 35.2 Å². The standard InChI is InChI=1S/C13H18BrNO2/c1-17-10-6-5-9(14)11(12(10)16)13(15)7-3-2-4-8-13/h5-6,16H,2-4,7-8,15H2,1H3. The van der Waals surface area contributed by atoms with Crippen LogP contribution < -0.4 is 10.5 Å². The van der Waals surface area contributed by atoms with Gasteiger partial charge in [0, 0.05) is 15.6 Å². The van der Waals surface area contributed by atoms with Crippen LogP contribution >= 0.6 is 15.9 Å². The van der Waals surface area contributed by atoms with E-state index in [1.165, 1.54) is 6.42 Å². The highest BCUT2D eigenvalue weighted by molar-refractivity contribution is 9.10. The number of ether oxygens (including phenoxy) is 1. The molecule has 0 aliphatic heterocycles. The third-order valence-electron chi connectivity index (χ3n) is 3.55. The summed E-state index contributed by atoms with van der Waals surface area (Å²) in [6.45, 7) is 0. The number of phenolic OH excluding ortho intramolecular Hbond substituents is 1. The molecular weight excluding hydrogens is 282 g/mol. The smallest absolute Gasteiger partial charge is 0.163 e. The molecule has 94 valence electrons. The molecule has 0 radical (unpaired) electrons. The van der Waals surface area contributed by atoms with Gasteiger partial charge in [-0.25, -0.2) is 0 Å². The first kappa shape index (κ1) is 12.7. The van der Waals surface area contributed by atoms with Gasteiger partial charge in [-0.3, -0.25) is 0 Å². The van der Waals surface area contributed by atoms with Gasteiger partial charge in [0.05, 0.1) is 7.11 Å². The Balaban J connectivity index is 2.49. The minimum Gasteiger partial charge on any atom is -0.504 e. The van der Waals surface area contributed by atoms with Crippen molar-refractivity contribution in [1.82, 2.24) is 0 Å². The minimum atomic E-state index is -0.435. The van der Waals surface area contributed by atoms with E-state index < -0.39 is 5.54 Å². The van der Waals surface area contributed by atoms with E-state index >= 15 is 0 Å². The lowest BCUT2D eigenvalue weighted by Gasteiger charge is -2.35. The van der Waals surface area contributed by atoms with Crippen LogP contribution in [0.1, 0.15) is 37.7 Å². The summed E-state index contributed by atoms with van der Waals surface area (Å²) in [5, 5.41) is 10.3. The van der Waals surface area contributed by atoms with Gasteiger partial charge in [0.25, 0.3) is 0 Å². The van der Waals surface area contributed by atoms with E-state index in [0.717, 1.165) is 35.7 Å². The van der Waals surface area contributed by atoms with E-state index in [4.69, 9.17) is 10.5 Å². The molecule has 1 fully saturated rings. The van der Waals surface area contributed by atoms with E-state index in [9.17, 15) is 5.11 Å². The molecule has 3 N–H and O–H groups in total. The summed E-state index contributed by atoms with van der Waals surface area (Å²) in [5.74, 6) is 0.657. The number of rotatable bonds is 2. The van der Waals surface area contributed by atoms with E-state index in [0.29, 0.717) is 5.75 Å². The summed E-state index contributed by atoms with van der Waals surface area (Å²) in [6, 6.07) is 3.63. The number of halogens is 1. The van der Waals surface area contributed by atoms with Crippen LogP contribution in [0.3, 0.4) is 0 Å². The first-order valence-corrected chi connectivity index (χ1v) is 6.72. The highest BCUT2D eigenvalue weighted by atomic mass is 79.9. The summed E-state index contributed by atoms with van der Waals surface area (Å²) >= 11 is 3.49. The molecule has 0 unspecified atom stereocenters. The zero-order valence-electron chi connectivity index (χ0n) is 10.0. The minimum absolute atomic E-state index is 0.172. The van der Waals surface area contributed by atoms with Gasteiger partial charge in [-0.05, 0) is 25.0 Å². The number of phenols is 1. The number of methoxy groups -OCH3 is 1. The maximum absolute atomic E-state index is 10.3. The maximum Gasteiger partial charge on any atom is 0.163 e. The van der Waals surface area contributed by atoms with Crippen LogP contribution in [0.4, 0.5) is 0 Å². The van der Waals surface area contributed by atoms with E-state index in [2.05, 4.69) is 15.9 Å². The van der Waals surface area contributed by atoms with Crippen molar-refractivity contribution in [2.75, 3.05) is 7.11 Å². The third kappa shape index (κ3) is 2.29. The number of hydrogen-bond donors (Lipinski definition) is 2. The molecule has 0 spiro atoms. The molecule has 0 atom stereocenters. The molecule has 1 aliphatic rings. The summed E-state index contributed by atoms with van der Waals surface area (Å²) in [6.07, 6.45) is 5.26. The predicted octanol–water partition coefficient (Wildman–Crippen LogP) is 3.28. The Morgan fingerprint density at radius 3 is 2.53 bits per heavy atom. The predicted molar refractivity (Wildman–Crippen MR) is 71.3 cm³/mol. The first-order valence-electron chi connectivity index (χ1n) is 5.93. The fourth-order valence-corrected chi connectivity index (χ4v) is 3.33. The molecule has 0 amide bonds. The third-order valence-corrected chi connectivity index (χ3v) is 4.21. The molecule has 0 bridgehead atoms. The Morgan fingerprint density at radius 2 is 1.94 bits per heavy atom. The Labute approximate surface area is 110 Å². The van der Waals surface area contributed by atoms with Gasteiger partial charge in [-0.2, -0.15) is 0 Å². The average Bonchev–Trinajstić information content (AvgIpc) is 2.30. The van der Waals surface area contributed by atoms with Crippen LogP contribution in [-0.4, -0.2) is 12.2 Å². The van der Waals surface area contributed by atoms with Gasteiger partial charge in [0.2, 0.25) is 0 Å². The molecule has 17 heavy (non-hydrogen) atoms. The molecule has 2 rings (SSSR count). The monoisotopic (exact) mass is 299 g/mol. The highest BCUT2D eigenvalue weighted by Gasteiger charge is 2.34. The summed E-state index contributed by atoms with van der Waals surface area (Å²) in [5.41, 5.74) is 6.81. The fraction of sp³-hybridized carbons (Fsp3) is 0.538. The number of benzene rings is 1. The summed E-state index contributed by atoms with van der Waals surface area (Å²) in [7, 11) is 1.55. The van der Waals surface area contributed by atoms with Crippen LogP contribution in [0, 0.1) is 0 Å². The van der Waals surface area contributed by atoms with Gasteiger partial charge >= 0.3 is 0 Å². The topological polar surface area (TPSA) is 55.5 Å².